The maximum absolute atomic E-state index is 11.8. The van der Waals surface area contributed by atoms with E-state index in [4.69, 9.17) is 4.74 Å². The summed E-state index contributed by atoms with van der Waals surface area (Å²) >= 11 is 0. The summed E-state index contributed by atoms with van der Waals surface area (Å²) in [7, 11) is 0. The fourth-order valence-electron chi connectivity index (χ4n) is 6.24. The third kappa shape index (κ3) is 2.06. The summed E-state index contributed by atoms with van der Waals surface area (Å²) in [5, 5.41) is 9.83. The van der Waals surface area contributed by atoms with E-state index >= 15 is 0 Å². The molecule has 0 aromatic carbocycles. The predicted molar refractivity (Wildman–Crippen MR) is 93.3 cm³/mol. The van der Waals surface area contributed by atoms with Crippen molar-refractivity contribution in [1.82, 2.24) is 0 Å². The molecule has 0 unspecified atom stereocenters. The van der Waals surface area contributed by atoms with Gasteiger partial charge in [-0.05, 0) is 55.4 Å². The Balaban J connectivity index is 1.82. The van der Waals surface area contributed by atoms with Crippen molar-refractivity contribution in [3.8, 4) is 0 Å². The molecule has 3 heteroatoms. The number of fused-ring (bicyclic) bond motifs is 4. The van der Waals surface area contributed by atoms with Crippen molar-refractivity contribution in [1.29, 1.82) is 0 Å². The number of aliphatic hydroxyl groups excluding tert-OH is 1. The third-order valence-corrected chi connectivity index (χ3v) is 7.35. The van der Waals surface area contributed by atoms with Gasteiger partial charge in [-0.2, -0.15) is 0 Å². The van der Waals surface area contributed by atoms with E-state index in [1.807, 2.05) is 0 Å². The highest BCUT2D eigenvalue weighted by molar-refractivity contribution is 6.04. The van der Waals surface area contributed by atoms with Crippen LogP contribution in [0.5, 0.6) is 0 Å². The summed E-state index contributed by atoms with van der Waals surface area (Å²) in [6.45, 7) is 9.49. The van der Waals surface area contributed by atoms with Crippen LogP contribution in [0.3, 0.4) is 0 Å². The molecule has 0 radical (unpaired) electrons. The average molecular weight is 328 g/mol. The van der Waals surface area contributed by atoms with Gasteiger partial charge in [0.05, 0.1) is 0 Å². The molecular weight excluding hydrogens is 300 g/mol. The number of aliphatic hydroxyl groups is 1. The Labute approximate surface area is 144 Å². The Morgan fingerprint density at radius 3 is 2.62 bits per heavy atom. The molecule has 0 saturated heterocycles. The normalized spacial score (nSPS) is 43.3. The van der Waals surface area contributed by atoms with E-state index in [2.05, 4.69) is 33.8 Å². The van der Waals surface area contributed by atoms with Crippen molar-refractivity contribution in [2.75, 3.05) is 0 Å². The summed E-state index contributed by atoms with van der Waals surface area (Å²) in [5.41, 5.74) is 1.19. The Morgan fingerprint density at radius 1 is 1.12 bits per heavy atom. The summed E-state index contributed by atoms with van der Waals surface area (Å²) in [6.07, 6.45) is 11.3. The minimum Gasteiger partial charge on any atom is -0.504 e. The number of hydrogen-bond acceptors (Lipinski definition) is 3. The molecular formula is C21H28O3. The second-order valence-corrected chi connectivity index (χ2v) is 9.36. The first kappa shape index (κ1) is 16.0. The van der Waals surface area contributed by atoms with Gasteiger partial charge < -0.3 is 9.84 Å². The van der Waals surface area contributed by atoms with Crippen molar-refractivity contribution in [3.05, 3.63) is 35.3 Å². The van der Waals surface area contributed by atoms with Gasteiger partial charge in [-0.15, -0.1) is 0 Å². The number of ether oxygens (including phenoxy) is 1. The zero-order valence-corrected chi connectivity index (χ0v) is 15.2. The van der Waals surface area contributed by atoms with Gasteiger partial charge in [-0.25, -0.2) is 0 Å². The van der Waals surface area contributed by atoms with Crippen molar-refractivity contribution in [2.45, 2.75) is 65.4 Å². The number of allylic oxidation sites excluding steroid dienone is 2. The summed E-state index contributed by atoms with van der Waals surface area (Å²) < 4.78 is 6.40. The Kier molecular flexibility index (Phi) is 3.18. The van der Waals surface area contributed by atoms with E-state index < -0.39 is 0 Å². The molecule has 0 spiro atoms. The highest BCUT2D eigenvalue weighted by atomic mass is 16.5. The first-order valence-electron chi connectivity index (χ1n) is 9.24. The first-order valence-corrected chi connectivity index (χ1v) is 9.24. The average Bonchev–Trinajstić information content (AvgIpc) is 2.46. The zero-order chi connectivity index (χ0) is 17.3. The molecule has 2 saturated carbocycles. The molecule has 0 bridgehead atoms. The van der Waals surface area contributed by atoms with Crippen LogP contribution < -0.4 is 0 Å². The largest absolute Gasteiger partial charge is 0.504 e. The minimum atomic E-state index is -0.358. The molecule has 1 aliphatic heterocycles. The van der Waals surface area contributed by atoms with E-state index in [0.717, 1.165) is 12.0 Å². The quantitative estimate of drug-likeness (QED) is 0.691. The summed E-state index contributed by atoms with van der Waals surface area (Å²) in [6, 6.07) is 0. The Hall–Kier alpha value is -1.51. The van der Waals surface area contributed by atoms with E-state index in [1.54, 1.807) is 6.08 Å². The van der Waals surface area contributed by atoms with Gasteiger partial charge in [-0.3, -0.25) is 4.79 Å². The minimum absolute atomic E-state index is 0.182. The molecule has 4 rings (SSSR count). The lowest BCUT2D eigenvalue weighted by atomic mass is 9.45. The second-order valence-electron chi connectivity index (χ2n) is 9.36. The fourth-order valence-corrected chi connectivity index (χ4v) is 6.24. The number of ketones is 1. The smallest absolute Gasteiger partial charge is 0.223 e. The topological polar surface area (TPSA) is 46.5 Å². The predicted octanol–water partition coefficient (Wildman–Crippen LogP) is 4.85. The maximum Gasteiger partial charge on any atom is 0.223 e. The van der Waals surface area contributed by atoms with Crippen molar-refractivity contribution in [3.63, 3.8) is 0 Å². The molecule has 1 N–H and O–H groups in total. The van der Waals surface area contributed by atoms with Crippen LogP contribution in [0.2, 0.25) is 0 Å². The molecule has 3 nitrogen and oxygen atoms in total. The van der Waals surface area contributed by atoms with Crippen molar-refractivity contribution in [2.24, 2.45) is 22.7 Å². The van der Waals surface area contributed by atoms with Gasteiger partial charge in [0.2, 0.25) is 5.78 Å². The van der Waals surface area contributed by atoms with E-state index in [1.165, 1.54) is 31.8 Å². The van der Waals surface area contributed by atoms with Gasteiger partial charge in [0, 0.05) is 17.6 Å². The SMILES string of the molecule is CC1(C)CCC[C@]2(C)[C@@H]1CC[C@@]1(C)OC3=CC(=O)C(O)=CC3=C[C@H]21. The molecule has 2 fully saturated rings. The van der Waals surface area contributed by atoms with Gasteiger partial charge in [0.1, 0.15) is 11.4 Å². The molecule has 130 valence electrons. The van der Waals surface area contributed by atoms with Crippen molar-refractivity contribution >= 4 is 5.78 Å². The third-order valence-electron chi connectivity index (χ3n) is 7.35. The first-order chi connectivity index (χ1) is 11.2. The monoisotopic (exact) mass is 328 g/mol. The Morgan fingerprint density at radius 2 is 1.88 bits per heavy atom. The molecule has 24 heavy (non-hydrogen) atoms. The molecule has 4 aliphatic rings. The molecule has 0 aromatic rings. The van der Waals surface area contributed by atoms with Crippen LogP contribution in [0.4, 0.5) is 0 Å². The number of hydrogen-bond donors (Lipinski definition) is 1. The van der Waals surface area contributed by atoms with E-state index in [0.29, 0.717) is 23.0 Å². The lowest BCUT2D eigenvalue weighted by Gasteiger charge is -2.62. The van der Waals surface area contributed by atoms with Crippen LogP contribution in [0.15, 0.2) is 35.3 Å². The van der Waals surface area contributed by atoms with Crippen LogP contribution in [-0.2, 0) is 9.53 Å². The summed E-state index contributed by atoms with van der Waals surface area (Å²) in [5.74, 6) is 1.09. The molecule has 0 aromatic heterocycles. The van der Waals surface area contributed by atoms with Gasteiger partial charge in [-0.1, -0.05) is 33.3 Å². The van der Waals surface area contributed by atoms with Gasteiger partial charge >= 0.3 is 0 Å². The van der Waals surface area contributed by atoms with Crippen LogP contribution in [0, 0.1) is 22.7 Å². The van der Waals surface area contributed by atoms with Crippen LogP contribution in [0.1, 0.15) is 59.8 Å². The number of carbonyl (C=O) groups excluding carboxylic acids is 1. The van der Waals surface area contributed by atoms with Crippen LogP contribution >= 0.6 is 0 Å². The van der Waals surface area contributed by atoms with Crippen LogP contribution in [0.25, 0.3) is 0 Å². The fraction of sp³-hybridized carbons (Fsp3) is 0.667. The molecule has 0 amide bonds. The summed E-state index contributed by atoms with van der Waals surface area (Å²) in [4.78, 5) is 11.8. The van der Waals surface area contributed by atoms with E-state index in [-0.39, 0.29) is 22.6 Å². The highest BCUT2D eigenvalue weighted by Crippen LogP contribution is 2.64. The zero-order valence-electron chi connectivity index (χ0n) is 15.2. The van der Waals surface area contributed by atoms with Gasteiger partial charge in [0.25, 0.3) is 0 Å². The lowest BCUT2D eigenvalue weighted by molar-refractivity contribution is -0.162. The molecule has 4 atom stereocenters. The molecule has 3 aliphatic carbocycles. The number of carbonyl (C=O) groups is 1. The van der Waals surface area contributed by atoms with E-state index in [9.17, 15) is 9.90 Å². The second kappa shape index (κ2) is 4.77. The highest BCUT2D eigenvalue weighted by Gasteiger charge is 2.60. The maximum atomic E-state index is 11.8. The lowest BCUT2D eigenvalue weighted by Crippen LogP contribution is -2.58. The van der Waals surface area contributed by atoms with Crippen LogP contribution in [-0.4, -0.2) is 16.5 Å². The molecule has 1 heterocycles. The Bertz CT molecular complexity index is 696. The van der Waals surface area contributed by atoms with Gasteiger partial charge in [0.15, 0.2) is 5.76 Å². The number of rotatable bonds is 0. The van der Waals surface area contributed by atoms with Crippen molar-refractivity contribution < 1.29 is 14.6 Å². The standard InChI is InChI=1S/C21H28O3/c1-19(2)7-5-8-20(3)17(19)6-9-21(4)18(20)11-13-10-14(22)15(23)12-16(13)24-21/h10-12,17-18,22H,5-9H2,1-4H3/t17-,18-,20-,21-/m1/s1.